The number of hydrogen-bond donors (Lipinski definition) is 2. The van der Waals surface area contributed by atoms with Crippen LogP contribution in [-0.2, 0) is 4.94 Å². The molecule has 0 radical (unpaired) electrons. The summed E-state index contributed by atoms with van der Waals surface area (Å²) >= 11 is 0. The Hall–Kier alpha value is -1.72. The fourth-order valence-corrected chi connectivity index (χ4v) is 1.32. The van der Waals surface area contributed by atoms with E-state index < -0.39 is 11.3 Å². The van der Waals surface area contributed by atoms with Gasteiger partial charge in [0.15, 0.2) is 5.78 Å². The minimum Gasteiger partial charge on any atom is -0.294 e. The lowest BCUT2D eigenvalue weighted by Gasteiger charge is -2.16. The highest BCUT2D eigenvalue weighted by atomic mass is 16.8. The van der Waals surface area contributed by atoms with Crippen molar-refractivity contribution in [2.24, 2.45) is 11.3 Å². The quantitative estimate of drug-likeness (QED) is 0.614. The van der Waals surface area contributed by atoms with E-state index in [-0.39, 0.29) is 5.78 Å². The standard InChI is InChI=1S/C12H16N2O3/c1-12(2,3)10(15)8-4-6-9(7-5-8)11(16)14-17-13/h4-7H,13H2,1-3H3,(H,14,16). The molecule has 5 nitrogen and oxygen atoms in total. The maximum Gasteiger partial charge on any atom is 0.276 e. The van der Waals surface area contributed by atoms with Crippen molar-refractivity contribution in [1.29, 1.82) is 0 Å². The number of amides is 1. The first kappa shape index (κ1) is 13.3. The summed E-state index contributed by atoms with van der Waals surface area (Å²) < 4.78 is 0. The highest BCUT2D eigenvalue weighted by molar-refractivity contribution is 6.01. The van der Waals surface area contributed by atoms with Crippen LogP contribution < -0.4 is 11.4 Å². The molecular formula is C12H16N2O3. The minimum absolute atomic E-state index is 0.0273. The number of carbonyl (C=O) groups excluding carboxylic acids is 2. The van der Waals surface area contributed by atoms with Gasteiger partial charge in [-0.05, 0) is 12.1 Å². The van der Waals surface area contributed by atoms with Gasteiger partial charge < -0.3 is 0 Å². The molecule has 92 valence electrons. The van der Waals surface area contributed by atoms with Crippen LogP contribution in [0.2, 0.25) is 0 Å². The third-order valence-electron chi connectivity index (χ3n) is 2.24. The Morgan fingerprint density at radius 1 is 1.12 bits per heavy atom. The van der Waals surface area contributed by atoms with Gasteiger partial charge in [0.2, 0.25) is 0 Å². The summed E-state index contributed by atoms with van der Waals surface area (Å²) in [6.45, 7) is 5.54. The van der Waals surface area contributed by atoms with Gasteiger partial charge in [-0.1, -0.05) is 32.9 Å². The van der Waals surface area contributed by atoms with E-state index in [9.17, 15) is 9.59 Å². The van der Waals surface area contributed by atoms with E-state index in [2.05, 4.69) is 4.94 Å². The van der Waals surface area contributed by atoms with Gasteiger partial charge in [-0.15, -0.1) is 0 Å². The summed E-state index contributed by atoms with van der Waals surface area (Å²) in [6.07, 6.45) is 0. The summed E-state index contributed by atoms with van der Waals surface area (Å²) in [5, 5.41) is 0. The molecular weight excluding hydrogens is 220 g/mol. The molecule has 0 aromatic heterocycles. The van der Waals surface area contributed by atoms with E-state index in [1.807, 2.05) is 26.3 Å². The first-order valence-corrected chi connectivity index (χ1v) is 5.17. The maximum atomic E-state index is 11.9. The van der Waals surface area contributed by atoms with Gasteiger partial charge in [0.05, 0.1) is 0 Å². The maximum absolute atomic E-state index is 11.9. The van der Waals surface area contributed by atoms with Crippen molar-refractivity contribution < 1.29 is 14.5 Å². The van der Waals surface area contributed by atoms with Gasteiger partial charge in [0.1, 0.15) is 0 Å². The van der Waals surface area contributed by atoms with Crippen molar-refractivity contribution in [3.05, 3.63) is 35.4 Å². The summed E-state index contributed by atoms with van der Waals surface area (Å²) in [7, 11) is 0. The third kappa shape index (κ3) is 3.37. The molecule has 0 fully saturated rings. The molecule has 5 heteroatoms. The largest absolute Gasteiger partial charge is 0.294 e. The van der Waals surface area contributed by atoms with Gasteiger partial charge in [0, 0.05) is 16.5 Å². The highest BCUT2D eigenvalue weighted by Crippen LogP contribution is 2.20. The molecule has 1 aromatic rings. The van der Waals surface area contributed by atoms with Gasteiger partial charge in [-0.25, -0.2) is 5.48 Å². The normalized spacial score (nSPS) is 11.1. The Kier molecular flexibility index (Phi) is 3.98. The van der Waals surface area contributed by atoms with E-state index >= 15 is 0 Å². The third-order valence-corrected chi connectivity index (χ3v) is 2.24. The van der Waals surface area contributed by atoms with Gasteiger partial charge in [-0.2, -0.15) is 10.8 Å². The van der Waals surface area contributed by atoms with Crippen molar-refractivity contribution in [3.63, 3.8) is 0 Å². The predicted octanol–water partition coefficient (Wildman–Crippen LogP) is 1.45. The zero-order chi connectivity index (χ0) is 13.1. The molecule has 0 aliphatic rings. The first-order valence-electron chi connectivity index (χ1n) is 5.17. The van der Waals surface area contributed by atoms with Crippen LogP contribution in [0.15, 0.2) is 24.3 Å². The van der Waals surface area contributed by atoms with E-state index in [1.165, 1.54) is 0 Å². The molecule has 1 aromatic carbocycles. The molecule has 0 unspecified atom stereocenters. The molecule has 1 amide bonds. The fraction of sp³-hybridized carbons (Fsp3) is 0.333. The second-order valence-corrected chi connectivity index (χ2v) is 4.71. The molecule has 0 bridgehead atoms. The SMILES string of the molecule is CC(C)(C)C(=O)c1ccc(C(=O)NON)cc1. The number of benzene rings is 1. The van der Waals surface area contributed by atoms with Crippen LogP contribution in [0.3, 0.4) is 0 Å². The smallest absolute Gasteiger partial charge is 0.276 e. The zero-order valence-corrected chi connectivity index (χ0v) is 10.1. The Bertz CT molecular complexity index is 418. The summed E-state index contributed by atoms with van der Waals surface area (Å²) in [6, 6.07) is 6.32. The van der Waals surface area contributed by atoms with Crippen LogP contribution in [0.4, 0.5) is 0 Å². The lowest BCUT2D eigenvalue weighted by atomic mass is 9.86. The minimum atomic E-state index is -0.456. The average molecular weight is 236 g/mol. The van der Waals surface area contributed by atoms with Crippen LogP contribution in [0.25, 0.3) is 0 Å². The second-order valence-electron chi connectivity index (χ2n) is 4.71. The number of ketones is 1. The Labute approximate surface area is 99.9 Å². The monoisotopic (exact) mass is 236 g/mol. The lowest BCUT2D eigenvalue weighted by Crippen LogP contribution is -2.27. The molecule has 1 rings (SSSR count). The van der Waals surface area contributed by atoms with Crippen LogP contribution in [-0.4, -0.2) is 11.7 Å². The van der Waals surface area contributed by atoms with Crippen LogP contribution in [0.5, 0.6) is 0 Å². The Balaban J connectivity index is 2.89. The van der Waals surface area contributed by atoms with Crippen molar-refractivity contribution in [3.8, 4) is 0 Å². The van der Waals surface area contributed by atoms with E-state index in [1.54, 1.807) is 24.3 Å². The molecule has 0 heterocycles. The number of nitrogens with two attached hydrogens (primary N) is 1. The fourth-order valence-electron chi connectivity index (χ4n) is 1.32. The van der Waals surface area contributed by atoms with Crippen molar-refractivity contribution in [2.45, 2.75) is 20.8 Å². The molecule has 0 aliphatic heterocycles. The zero-order valence-electron chi connectivity index (χ0n) is 10.1. The number of nitrogens with one attached hydrogen (secondary N) is 1. The van der Waals surface area contributed by atoms with Crippen LogP contribution >= 0.6 is 0 Å². The number of carbonyl (C=O) groups is 2. The van der Waals surface area contributed by atoms with Crippen LogP contribution in [0, 0.1) is 5.41 Å². The molecule has 0 atom stereocenters. The molecule has 0 aliphatic carbocycles. The van der Waals surface area contributed by atoms with Crippen molar-refractivity contribution in [1.82, 2.24) is 5.48 Å². The van der Waals surface area contributed by atoms with Crippen LogP contribution in [0.1, 0.15) is 41.5 Å². The van der Waals surface area contributed by atoms with Crippen molar-refractivity contribution in [2.75, 3.05) is 0 Å². The summed E-state index contributed by atoms with van der Waals surface area (Å²) in [4.78, 5) is 27.3. The van der Waals surface area contributed by atoms with Crippen molar-refractivity contribution >= 4 is 11.7 Å². The van der Waals surface area contributed by atoms with Gasteiger partial charge in [0.25, 0.3) is 5.91 Å². The Morgan fingerprint density at radius 2 is 1.59 bits per heavy atom. The molecule has 17 heavy (non-hydrogen) atoms. The number of rotatable bonds is 3. The van der Waals surface area contributed by atoms with Gasteiger partial charge >= 0.3 is 0 Å². The molecule has 0 spiro atoms. The number of hydrogen-bond acceptors (Lipinski definition) is 4. The predicted molar refractivity (Wildman–Crippen MR) is 63.0 cm³/mol. The average Bonchev–Trinajstić information content (AvgIpc) is 2.27. The topological polar surface area (TPSA) is 81.4 Å². The Morgan fingerprint density at radius 3 is 2.00 bits per heavy atom. The number of hydroxylamine groups is 1. The van der Waals surface area contributed by atoms with E-state index in [0.717, 1.165) is 0 Å². The first-order chi connectivity index (χ1) is 7.86. The van der Waals surface area contributed by atoms with Gasteiger partial charge in [-0.3, -0.25) is 9.59 Å². The second kappa shape index (κ2) is 5.07. The van der Waals surface area contributed by atoms with E-state index in [4.69, 9.17) is 5.90 Å². The molecule has 0 saturated heterocycles. The highest BCUT2D eigenvalue weighted by Gasteiger charge is 2.22. The lowest BCUT2D eigenvalue weighted by molar-refractivity contribution is 0.0310. The summed E-state index contributed by atoms with van der Waals surface area (Å²) in [5.41, 5.74) is 2.50. The molecule has 0 saturated carbocycles. The number of Topliss-reactive ketones (excluding diaryl/α,β-unsaturated/α-hetero) is 1. The van der Waals surface area contributed by atoms with E-state index in [0.29, 0.717) is 11.1 Å². The summed E-state index contributed by atoms with van der Waals surface area (Å²) in [5.74, 6) is 4.29. The molecule has 3 N–H and O–H groups in total.